The van der Waals surface area contributed by atoms with Gasteiger partial charge >= 0.3 is 5.97 Å². The van der Waals surface area contributed by atoms with E-state index in [0.717, 1.165) is 22.5 Å². The van der Waals surface area contributed by atoms with Crippen molar-refractivity contribution in [3.63, 3.8) is 0 Å². The summed E-state index contributed by atoms with van der Waals surface area (Å²) in [6, 6.07) is 12.8. The van der Waals surface area contributed by atoms with E-state index in [1.165, 1.54) is 18.2 Å². The van der Waals surface area contributed by atoms with Crippen LogP contribution in [0.5, 0.6) is 0 Å². The van der Waals surface area contributed by atoms with Gasteiger partial charge in [-0.15, -0.1) is 0 Å². The number of carboxylic acid groups (broad SMARTS) is 1. The molecule has 1 heterocycles. The van der Waals surface area contributed by atoms with Gasteiger partial charge in [0.2, 0.25) is 0 Å². The average Bonchev–Trinajstić information content (AvgIpc) is 3.03. The van der Waals surface area contributed by atoms with Crippen LogP contribution >= 0.6 is 0 Å². The minimum Gasteiger partial charge on any atom is -0.481 e. The number of halogens is 1. The molecular weight excluding hydrogens is 385 g/mol. The fourth-order valence-corrected chi connectivity index (χ4v) is 3.46. The molecule has 6 nitrogen and oxygen atoms in total. The van der Waals surface area contributed by atoms with Gasteiger partial charge in [-0.25, -0.2) is 4.39 Å². The molecule has 3 aromatic rings. The van der Waals surface area contributed by atoms with Crippen LogP contribution in [0.2, 0.25) is 0 Å². The highest BCUT2D eigenvalue weighted by Crippen LogP contribution is 2.19. The summed E-state index contributed by atoms with van der Waals surface area (Å²) in [5.41, 5.74) is 4.31. The molecule has 0 aliphatic heterocycles. The van der Waals surface area contributed by atoms with E-state index in [1.54, 1.807) is 18.2 Å². The summed E-state index contributed by atoms with van der Waals surface area (Å²) >= 11 is 0. The first-order valence-corrected chi connectivity index (χ1v) is 9.86. The van der Waals surface area contributed by atoms with Gasteiger partial charge in [0.1, 0.15) is 5.82 Å². The van der Waals surface area contributed by atoms with Gasteiger partial charge in [-0.3, -0.25) is 14.3 Å². The molecule has 156 valence electrons. The van der Waals surface area contributed by atoms with E-state index >= 15 is 0 Å². The summed E-state index contributed by atoms with van der Waals surface area (Å²) in [5.74, 6) is -1.60. The maximum Gasteiger partial charge on any atom is 0.307 e. The van der Waals surface area contributed by atoms with Gasteiger partial charge in [0.25, 0.3) is 5.91 Å². The second kappa shape index (κ2) is 9.35. The number of aliphatic carboxylic acids is 1. The molecule has 0 aliphatic rings. The molecule has 0 bridgehead atoms. The second-order valence-corrected chi connectivity index (χ2v) is 6.97. The normalized spacial score (nSPS) is 10.8. The molecule has 0 saturated carbocycles. The Labute approximate surface area is 174 Å². The lowest BCUT2D eigenvalue weighted by Gasteiger charge is -2.09. The van der Waals surface area contributed by atoms with Crippen molar-refractivity contribution >= 4 is 17.6 Å². The van der Waals surface area contributed by atoms with Gasteiger partial charge in [0, 0.05) is 22.5 Å². The first-order valence-electron chi connectivity index (χ1n) is 9.86. The predicted molar refractivity (Wildman–Crippen MR) is 112 cm³/mol. The van der Waals surface area contributed by atoms with Crippen LogP contribution in [0.4, 0.5) is 10.1 Å². The number of benzene rings is 2. The summed E-state index contributed by atoms with van der Waals surface area (Å²) in [7, 11) is 0. The van der Waals surface area contributed by atoms with E-state index in [9.17, 15) is 19.1 Å². The number of anilines is 1. The fraction of sp³-hybridized carbons (Fsp3) is 0.261. The molecule has 0 saturated heterocycles. The van der Waals surface area contributed by atoms with Gasteiger partial charge < -0.3 is 10.4 Å². The Morgan fingerprint density at radius 2 is 1.83 bits per heavy atom. The van der Waals surface area contributed by atoms with Gasteiger partial charge in [0.15, 0.2) is 0 Å². The molecule has 0 atom stereocenters. The van der Waals surface area contributed by atoms with Crippen molar-refractivity contribution in [2.75, 3.05) is 5.32 Å². The average molecular weight is 409 g/mol. The fourth-order valence-electron chi connectivity index (χ4n) is 3.46. The first kappa shape index (κ1) is 21.2. The van der Waals surface area contributed by atoms with Gasteiger partial charge in [-0.05, 0) is 48.7 Å². The van der Waals surface area contributed by atoms with Crippen molar-refractivity contribution in [1.82, 2.24) is 9.78 Å². The second-order valence-electron chi connectivity index (χ2n) is 6.97. The van der Waals surface area contributed by atoms with E-state index in [1.807, 2.05) is 30.7 Å². The smallest absolute Gasteiger partial charge is 0.307 e. The van der Waals surface area contributed by atoms with E-state index in [0.29, 0.717) is 30.6 Å². The van der Waals surface area contributed by atoms with Gasteiger partial charge in [-0.2, -0.15) is 5.10 Å². The lowest BCUT2D eigenvalue weighted by atomic mass is 10.1. The number of rotatable bonds is 8. The molecule has 30 heavy (non-hydrogen) atoms. The van der Waals surface area contributed by atoms with Crippen LogP contribution in [-0.4, -0.2) is 26.8 Å². The van der Waals surface area contributed by atoms with Crippen molar-refractivity contribution in [2.24, 2.45) is 0 Å². The highest BCUT2D eigenvalue weighted by Gasteiger charge is 2.18. The standard InChI is InChI=1S/C23H24FN3O3/c1-3-20-19(13-22(28)29)21(4-2)27(26-20)14-15-8-10-16(11-9-15)23(30)25-18-7-5-6-17(24)12-18/h5-12H,3-4,13-14H2,1-2H3,(H,25,30)(H,28,29). The van der Waals surface area contributed by atoms with Crippen LogP contribution in [0.1, 0.15) is 46.7 Å². The molecule has 2 N–H and O–H groups in total. The number of hydrogen-bond donors (Lipinski definition) is 2. The highest BCUT2D eigenvalue weighted by molar-refractivity contribution is 6.04. The van der Waals surface area contributed by atoms with Crippen molar-refractivity contribution in [1.29, 1.82) is 0 Å². The van der Waals surface area contributed by atoms with Crippen LogP contribution in [0.3, 0.4) is 0 Å². The number of aromatic nitrogens is 2. The Balaban J connectivity index is 1.76. The van der Waals surface area contributed by atoms with Gasteiger partial charge in [-0.1, -0.05) is 32.0 Å². The number of carbonyl (C=O) groups is 2. The van der Waals surface area contributed by atoms with Crippen LogP contribution < -0.4 is 5.32 Å². The Hall–Kier alpha value is -3.48. The Kier molecular flexibility index (Phi) is 6.61. The number of hydrogen-bond acceptors (Lipinski definition) is 3. The van der Waals surface area contributed by atoms with Crippen molar-refractivity contribution < 1.29 is 19.1 Å². The number of amides is 1. The summed E-state index contributed by atoms with van der Waals surface area (Å²) < 4.78 is 15.1. The minimum atomic E-state index is -0.868. The third-order valence-corrected chi connectivity index (χ3v) is 4.88. The number of aryl methyl sites for hydroxylation is 1. The molecule has 0 spiro atoms. The number of nitrogens with zero attached hydrogens (tertiary/aromatic N) is 2. The van der Waals surface area contributed by atoms with Crippen molar-refractivity contribution in [3.8, 4) is 0 Å². The number of carboxylic acids is 1. The van der Waals surface area contributed by atoms with Gasteiger partial charge in [0.05, 0.1) is 18.7 Å². The molecule has 2 aromatic carbocycles. The minimum absolute atomic E-state index is 0.0362. The van der Waals surface area contributed by atoms with Crippen LogP contribution in [-0.2, 0) is 30.6 Å². The number of nitrogens with one attached hydrogen (secondary N) is 1. The lowest BCUT2D eigenvalue weighted by Crippen LogP contribution is -2.12. The SMILES string of the molecule is CCc1nn(Cc2ccc(C(=O)Nc3cccc(F)c3)cc2)c(CC)c1CC(=O)O. The maximum absolute atomic E-state index is 13.3. The monoisotopic (exact) mass is 409 g/mol. The molecule has 0 fully saturated rings. The highest BCUT2D eigenvalue weighted by atomic mass is 19.1. The molecular formula is C23H24FN3O3. The summed E-state index contributed by atoms with van der Waals surface area (Å²) in [5, 5.41) is 16.5. The molecule has 0 radical (unpaired) electrons. The molecule has 1 aromatic heterocycles. The third-order valence-electron chi connectivity index (χ3n) is 4.88. The zero-order valence-electron chi connectivity index (χ0n) is 17.0. The molecule has 0 unspecified atom stereocenters. The van der Waals surface area contributed by atoms with Crippen LogP contribution in [0, 0.1) is 5.82 Å². The third kappa shape index (κ3) is 4.92. The van der Waals surface area contributed by atoms with E-state index in [2.05, 4.69) is 10.4 Å². The zero-order chi connectivity index (χ0) is 21.7. The quantitative estimate of drug-likeness (QED) is 0.587. The summed E-state index contributed by atoms with van der Waals surface area (Å²) in [6.45, 7) is 4.43. The van der Waals surface area contributed by atoms with Crippen molar-refractivity contribution in [3.05, 3.63) is 82.4 Å². The Morgan fingerprint density at radius 3 is 2.43 bits per heavy atom. The van der Waals surface area contributed by atoms with Crippen molar-refractivity contribution in [2.45, 2.75) is 39.7 Å². The lowest BCUT2D eigenvalue weighted by molar-refractivity contribution is -0.136. The van der Waals surface area contributed by atoms with Crippen LogP contribution in [0.25, 0.3) is 0 Å². The summed E-state index contributed by atoms with van der Waals surface area (Å²) in [4.78, 5) is 23.6. The predicted octanol–water partition coefficient (Wildman–Crippen LogP) is 4.07. The van der Waals surface area contributed by atoms with E-state index in [-0.39, 0.29) is 12.3 Å². The number of carbonyl (C=O) groups excluding carboxylic acids is 1. The molecule has 3 rings (SSSR count). The Bertz CT molecular complexity index is 1060. The van der Waals surface area contributed by atoms with Crippen LogP contribution in [0.15, 0.2) is 48.5 Å². The summed E-state index contributed by atoms with van der Waals surface area (Å²) in [6.07, 6.45) is 1.32. The topological polar surface area (TPSA) is 84.2 Å². The molecule has 1 amide bonds. The Morgan fingerprint density at radius 1 is 1.10 bits per heavy atom. The first-order chi connectivity index (χ1) is 14.4. The van der Waals surface area contributed by atoms with E-state index in [4.69, 9.17) is 0 Å². The molecule has 0 aliphatic carbocycles. The van der Waals surface area contributed by atoms with E-state index < -0.39 is 11.8 Å². The molecule has 7 heteroatoms. The maximum atomic E-state index is 13.3. The largest absolute Gasteiger partial charge is 0.481 e. The zero-order valence-corrected chi connectivity index (χ0v) is 17.0.